The van der Waals surface area contributed by atoms with Crippen molar-refractivity contribution in [2.45, 2.75) is 46.3 Å². The van der Waals surface area contributed by atoms with E-state index in [9.17, 15) is 0 Å². The second-order valence-corrected chi connectivity index (χ2v) is 6.35. The highest BCUT2D eigenvalue weighted by Crippen LogP contribution is 2.11. The summed E-state index contributed by atoms with van der Waals surface area (Å²) in [6.45, 7) is 8.30. The highest BCUT2D eigenvalue weighted by molar-refractivity contribution is 7.09. The third-order valence-corrected chi connectivity index (χ3v) is 3.83. The van der Waals surface area contributed by atoms with Crippen LogP contribution in [0.2, 0.25) is 0 Å². The third-order valence-electron chi connectivity index (χ3n) is 2.93. The standard InChI is InChI=1S/C14H22N4S/c1-11(2)9-18-14(16-10-17-18)8-15-12(3)7-13-5-4-6-19-13/h4-6,10-12,15H,7-9H2,1-3H3. The first-order chi connectivity index (χ1) is 9.15. The lowest BCUT2D eigenvalue weighted by Gasteiger charge is -2.13. The molecule has 0 aliphatic carbocycles. The van der Waals surface area contributed by atoms with E-state index in [0.29, 0.717) is 12.0 Å². The monoisotopic (exact) mass is 278 g/mol. The zero-order valence-electron chi connectivity index (χ0n) is 11.8. The maximum Gasteiger partial charge on any atom is 0.140 e. The molecule has 1 atom stereocenters. The van der Waals surface area contributed by atoms with Crippen LogP contribution in [0.1, 0.15) is 31.5 Å². The van der Waals surface area contributed by atoms with Gasteiger partial charge in [0.05, 0.1) is 6.54 Å². The lowest BCUT2D eigenvalue weighted by Crippen LogP contribution is -2.29. The van der Waals surface area contributed by atoms with Gasteiger partial charge in [0.15, 0.2) is 0 Å². The minimum Gasteiger partial charge on any atom is -0.307 e. The molecule has 0 saturated heterocycles. The summed E-state index contributed by atoms with van der Waals surface area (Å²) in [4.78, 5) is 5.75. The van der Waals surface area contributed by atoms with Gasteiger partial charge in [-0.15, -0.1) is 11.3 Å². The van der Waals surface area contributed by atoms with Gasteiger partial charge in [-0.3, -0.25) is 0 Å². The largest absolute Gasteiger partial charge is 0.307 e. The molecule has 0 saturated carbocycles. The number of hydrogen-bond acceptors (Lipinski definition) is 4. The van der Waals surface area contributed by atoms with Gasteiger partial charge in [0.25, 0.3) is 0 Å². The summed E-state index contributed by atoms with van der Waals surface area (Å²) >= 11 is 1.81. The first-order valence-electron chi connectivity index (χ1n) is 6.77. The summed E-state index contributed by atoms with van der Waals surface area (Å²) < 4.78 is 2.00. The molecule has 2 heterocycles. The molecule has 0 aliphatic heterocycles. The smallest absolute Gasteiger partial charge is 0.140 e. The van der Waals surface area contributed by atoms with E-state index in [4.69, 9.17) is 0 Å². The molecule has 2 aromatic rings. The molecule has 0 amide bonds. The zero-order chi connectivity index (χ0) is 13.7. The first kappa shape index (κ1) is 14.2. The van der Waals surface area contributed by atoms with Gasteiger partial charge in [-0.25, -0.2) is 9.67 Å². The Morgan fingerprint density at radius 2 is 2.21 bits per heavy atom. The van der Waals surface area contributed by atoms with E-state index in [-0.39, 0.29) is 0 Å². The summed E-state index contributed by atoms with van der Waals surface area (Å²) in [6, 6.07) is 4.73. The maximum atomic E-state index is 4.33. The van der Waals surface area contributed by atoms with Crippen LogP contribution >= 0.6 is 11.3 Å². The van der Waals surface area contributed by atoms with Crippen LogP contribution in [0, 0.1) is 5.92 Å². The predicted molar refractivity (Wildman–Crippen MR) is 79.2 cm³/mol. The van der Waals surface area contributed by atoms with Crippen molar-refractivity contribution in [2.24, 2.45) is 5.92 Å². The summed E-state index contributed by atoms with van der Waals surface area (Å²) in [5.41, 5.74) is 0. The second kappa shape index (κ2) is 6.82. The van der Waals surface area contributed by atoms with E-state index in [1.807, 2.05) is 16.0 Å². The highest BCUT2D eigenvalue weighted by Gasteiger charge is 2.09. The SMILES string of the molecule is CC(C)Cn1ncnc1CNC(C)Cc1cccs1. The number of nitrogens with zero attached hydrogens (tertiary/aromatic N) is 3. The molecular formula is C14H22N4S. The van der Waals surface area contributed by atoms with Crippen molar-refractivity contribution in [1.82, 2.24) is 20.1 Å². The van der Waals surface area contributed by atoms with Crippen molar-refractivity contribution < 1.29 is 0 Å². The molecule has 2 aromatic heterocycles. The van der Waals surface area contributed by atoms with Gasteiger partial charge in [-0.2, -0.15) is 5.10 Å². The Balaban J connectivity index is 1.83. The van der Waals surface area contributed by atoms with Gasteiger partial charge >= 0.3 is 0 Å². The van der Waals surface area contributed by atoms with Gasteiger partial charge in [-0.05, 0) is 30.7 Å². The van der Waals surface area contributed by atoms with Gasteiger partial charge in [0.1, 0.15) is 12.2 Å². The number of rotatable bonds is 7. The average Bonchev–Trinajstić information content (AvgIpc) is 2.97. The normalized spacial score (nSPS) is 13.1. The van der Waals surface area contributed by atoms with Crippen molar-refractivity contribution >= 4 is 11.3 Å². The molecule has 0 aliphatic rings. The molecule has 0 spiro atoms. The molecule has 4 nitrogen and oxygen atoms in total. The number of aromatic nitrogens is 3. The van der Waals surface area contributed by atoms with E-state index in [0.717, 1.165) is 25.3 Å². The second-order valence-electron chi connectivity index (χ2n) is 5.32. The van der Waals surface area contributed by atoms with Crippen molar-refractivity contribution in [1.29, 1.82) is 0 Å². The lowest BCUT2D eigenvalue weighted by atomic mass is 10.2. The van der Waals surface area contributed by atoms with Gasteiger partial charge in [0, 0.05) is 17.5 Å². The topological polar surface area (TPSA) is 42.7 Å². The molecule has 0 fully saturated rings. The van der Waals surface area contributed by atoms with Crippen LogP contribution in [0.25, 0.3) is 0 Å². The Morgan fingerprint density at radius 3 is 2.89 bits per heavy atom. The fraction of sp³-hybridized carbons (Fsp3) is 0.571. The Hall–Kier alpha value is -1.20. The maximum absolute atomic E-state index is 4.33. The third kappa shape index (κ3) is 4.44. The van der Waals surface area contributed by atoms with E-state index in [2.05, 4.69) is 53.7 Å². The Morgan fingerprint density at radius 1 is 1.37 bits per heavy atom. The molecule has 1 N–H and O–H groups in total. The Bertz CT molecular complexity index is 475. The van der Waals surface area contributed by atoms with E-state index < -0.39 is 0 Å². The fourth-order valence-corrected chi connectivity index (χ4v) is 2.83. The zero-order valence-corrected chi connectivity index (χ0v) is 12.7. The van der Waals surface area contributed by atoms with Crippen molar-refractivity contribution in [3.8, 4) is 0 Å². The quantitative estimate of drug-likeness (QED) is 0.847. The molecule has 104 valence electrons. The van der Waals surface area contributed by atoms with Crippen LogP contribution in [0.3, 0.4) is 0 Å². The molecule has 0 bridgehead atoms. The fourth-order valence-electron chi connectivity index (χ4n) is 1.99. The Labute approximate surface area is 118 Å². The van der Waals surface area contributed by atoms with Crippen LogP contribution in [-0.4, -0.2) is 20.8 Å². The van der Waals surface area contributed by atoms with Gasteiger partial charge in [0.2, 0.25) is 0 Å². The Kier molecular flexibility index (Phi) is 5.10. The average molecular weight is 278 g/mol. The van der Waals surface area contributed by atoms with Crippen LogP contribution in [0.15, 0.2) is 23.8 Å². The lowest BCUT2D eigenvalue weighted by molar-refractivity contribution is 0.446. The molecule has 0 aromatic carbocycles. The summed E-state index contributed by atoms with van der Waals surface area (Å²) in [5, 5.41) is 9.92. The van der Waals surface area contributed by atoms with Crippen molar-refractivity contribution in [2.75, 3.05) is 0 Å². The summed E-state index contributed by atoms with van der Waals surface area (Å²) in [6.07, 6.45) is 2.71. The van der Waals surface area contributed by atoms with Crippen molar-refractivity contribution in [3.05, 3.63) is 34.5 Å². The summed E-state index contributed by atoms with van der Waals surface area (Å²) in [7, 11) is 0. The van der Waals surface area contributed by atoms with E-state index in [1.54, 1.807) is 6.33 Å². The van der Waals surface area contributed by atoms with Gasteiger partial charge in [-0.1, -0.05) is 19.9 Å². The number of nitrogens with one attached hydrogen (secondary N) is 1. The minimum absolute atomic E-state index is 0.447. The van der Waals surface area contributed by atoms with Crippen molar-refractivity contribution in [3.63, 3.8) is 0 Å². The predicted octanol–water partition coefficient (Wildman–Crippen LogP) is 2.72. The van der Waals surface area contributed by atoms with Crippen LogP contribution < -0.4 is 5.32 Å². The molecule has 2 rings (SSSR count). The molecule has 1 unspecified atom stereocenters. The molecule has 19 heavy (non-hydrogen) atoms. The van der Waals surface area contributed by atoms with E-state index in [1.165, 1.54) is 4.88 Å². The summed E-state index contributed by atoms with van der Waals surface area (Å²) in [5.74, 6) is 1.61. The van der Waals surface area contributed by atoms with Gasteiger partial charge < -0.3 is 5.32 Å². The van der Waals surface area contributed by atoms with Crippen LogP contribution in [-0.2, 0) is 19.5 Å². The first-order valence-corrected chi connectivity index (χ1v) is 7.65. The number of thiophene rings is 1. The molecule has 5 heteroatoms. The van der Waals surface area contributed by atoms with E-state index >= 15 is 0 Å². The van der Waals surface area contributed by atoms with Crippen LogP contribution in [0.5, 0.6) is 0 Å². The number of hydrogen-bond donors (Lipinski definition) is 1. The minimum atomic E-state index is 0.447. The molecular weight excluding hydrogens is 256 g/mol. The molecule has 0 radical (unpaired) electrons. The van der Waals surface area contributed by atoms with Crippen LogP contribution in [0.4, 0.5) is 0 Å². The highest BCUT2D eigenvalue weighted by atomic mass is 32.1.